The molecule has 2 aromatic carbocycles. The number of ether oxygens (including phenoxy) is 2. The number of carbonyl (C=O) groups is 1. The monoisotopic (exact) mass is 284 g/mol. The molecule has 1 aliphatic rings. The summed E-state index contributed by atoms with van der Waals surface area (Å²) >= 11 is 0. The molecule has 0 bridgehead atoms. The third kappa shape index (κ3) is 2.50. The lowest BCUT2D eigenvalue weighted by Gasteiger charge is -2.10. The first kappa shape index (κ1) is 13.3. The van der Waals surface area contributed by atoms with Crippen LogP contribution in [0.3, 0.4) is 0 Å². The van der Waals surface area contributed by atoms with Crippen molar-refractivity contribution >= 4 is 17.3 Å². The van der Waals surface area contributed by atoms with E-state index in [-0.39, 0.29) is 12.7 Å². The van der Waals surface area contributed by atoms with E-state index in [9.17, 15) is 4.79 Å². The van der Waals surface area contributed by atoms with E-state index in [0.29, 0.717) is 28.4 Å². The molecule has 2 aromatic rings. The minimum Gasteiger partial charge on any atom is -0.454 e. The van der Waals surface area contributed by atoms with Gasteiger partial charge in [-0.15, -0.1) is 0 Å². The van der Waals surface area contributed by atoms with Gasteiger partial charge in [0.2, 0.25) is 6.79 Å². The summed E-state index contributed by atoms with van der Waals surface area (Å²) in [6.45, 7) is 4.02. The molecule has 0 saturated carbocycles. The molecule has 0 radical (unpaired) electrons. The zero-order valence-corrected chi connectivity index (χ0v) is 11.9. The molecule has 1 heterocycles. The van der Waals surface area contributed by atoms with Crippen LogP contribution in [-0.4, -0.2) is 12.7 Å². The maximum Gasteiger partial charge on any atom is 0.256 e. The summed E-state index contributed by atoms with van der Waals surface area (Å²) in [4.78, 5) is 12.4. The van der Waals surface area contributed by atoms with Gasteiger partial charge in [0.25, 0.3) is 5.91 Å². The minimum absolute atomic E-state index is 0.196. The third-order valence-corrected chi connectivity index (χ3v) is 3.49. The number of hydrogen-bond acceptors (Lipinski definition) is 4. The van der Waals surface area contributed by atoms with E-state index in [1.54, 1.807) is 24.3 Å². The van der Waals surface area contributed by atoms with Gasteiger partial charge >= 0.3 is 0 Å². The van der Waals surface area contributed by atoms with E-state index < -0.39 is 0 Å². The van der Waals surface area contributed by atoms with E-state index in [0.717, 1.165) is 11.1 Å². The summed E-state index contributed by atoms with van der Waals surface area (Å²) in [7, 11) is 0. The van der Waals surface area contributed by atoms with Gasteiger partial charge in [-0.25, -0.2) is 0 Å². The number of aryl methyl sites for hydroxylation is 2. The zero-order chi connectivity index (χ0) is 15.0. The van der Waals surface area contributed by atoms with Crippen LogP contribution in [0.5, 0.6) is 11.5 Å². The molecular weight excluding hydrogens is 268 g/mol. The molecular formula is C16H16N2O3. The Morgan fingerprint density at radius 3 is 2.67 bits per heavy atom. The van der Waals surface area contributed by atoms with Crippen LogP contribution in [0.4, 0.5) is 11.4 Å². The Balaban J connectivity index is 1.85. The lowest BCUT2D eigenvalue weighted by atomic mass is 10.0. The summed E-state index contributed by atoms with van der Waals surface area (Å²) < 4.78 is 10.5. The maximum absolute atomic E-state index is 12.4. The molecule has 5 nitrogen and oxygen atoms in total. The summed E-state index contributed by atoms with van der Waals surface area (Å²) in [6, 6.07) is 8.90. The molecule has 3 N–H and O–H groups in total. The highest BCUT2D eigenvalue weighted by Crippen LogP contribution is 2.34. The van der Waals surface area contributed by atoms with Crippen LogP contribution in [0.15, 0.2) is 30.3 Å². The quantitative estimate of drug-likeness (QED) is 0.832. The Hall–Kier alpha value is -2.69. The number of rotatable bonds is 2. The van der Waals surface area contributed by atoms with Gasteiger partial charge in [-0.1, -0.05) is 6.07 Å². The summed E-state index contributed by atoms with van der Waals surface area (Å²) in [5, 5.41) is 2.85. The molecule has 0 fully saturated rings. The van der Waals surface area contributed by atoms with Gasteiger partial charge < -0.3 is 20.5 Å². The normalized spacial score (nSPS) is 12.3. The first-order valence-electron chi connectivity index (χ1n) is 6.62. The number of anilines is 2. The van der Waals surface area contributed by atoms with Gasteiger partial charge in [-0.05, 0) is 43.2 Å². The number of nitrogens with two attached hydrogens (primary N) is 1. The van der Waals surface area contributed by atoms with Gasteiger partial charge in [-0.3, -0.25) is 4.79 Å². The Bertz CT molecular complexity index is 726. The molecule has 0 aliphatic carbocycles. The fourth-order valence-corrected chi connectivity index (χ4v) is 2.29. The van der Waals surface area contributed by atoms with Crippen molar-refractivity contribution in [3.63, 3.8) is 0 Å². The van der Waals surface area contributed by atoms with Crippen LogP contribution < -0.4 is 20.5 Å². The number of hydrogen-bond donors (Lipinski definition) is 2. The molecule has 108 valence electrons. The van der Waals surface area contributed by atoms with Gasteiger partial charge in [0.15, 0.2) is 11.5 Å². The lowest BCUT2D eigenvalue weighted by molar-refractivity contribution is 0.102. The summed E-state index contributed by atoms with van der Waals surface area (Å²) in [6.07, 6.45) is 0. The molecule has 0 aromatic heterocycles. The number of carbonyl (C=O) groups excluding carboxylic acids is 1. The highest BCUT2D eigenvalue weighted by molar-refractivity contribution is 6.06. The molecule has 0 atom stereocenters. The van der Waals surface area contributed by atoms with E-state index in [1.165, 1.54) is 0 Å². The first-order valence-corrected chi connectivity index (χ1v) is 6.62. The smallest absolute Gasteiger partial charge is 0.256 e. The van der Waals surface area contributed by atoms with Crippen molar-refractivity contribution in [3.8, 4) is 11.5 Å². The predicted octanol–water partition coefficient (Wildman–Crippen LogP) is 2.87. The number of benzene rings is 2. The molecule has 0 unspecified atom stereocenters. The van der Waals surface area contributed by atoms with Crippen LogP contribution in [0.1, 0.15) is 21.5 Å². The van der Waals surface area contributed by atoms with Crippen LogP contribution >= 0.6 is 0 Å². The highest BCUT2D eigenvalue weighted by atomic mass is 16.7. The molecule has 0 saturated heterocycles. The Morgan fingerprint density at radius 2 is 1.86 bits per heavy atom. The highest BCUT2D eigenvalue weighted by Gasteiger charge is 2.16. The van der Waals surface area contributed by atoms with Gasteiger partial charge in [0, 0.05) is 23.0 Å². The third-order valence-electron chi connectivity index (χ3n) is 3.49. The van der Waals surface area contributed by atoms with Gasteiger partial charge in [-0.2, -0.15) is 0 Å². The average molecular weight is 284 g/mol. The van der Waals surface area contributed by atoms with Crippen molar-refractivity contribution in [2.75, 3.05) is 17.8 Å². The molecule has 21 heavy (non-hydrogen) atoms. The SMILES string of the molecule is Cc1cc(C)c(C(=O)Nc2ccc3c(c2)OCO3)cc1N. The molecule has 0 spiro atoms. The van der Waals surface area contributed by atoms with E-state index in [2.05, 4.69) is 5.32 Å². The van der Waals surface area contributed by atoms with Gasteiger partial charge in [0.1, 0.15) is 0 Å². The van der Waals surface area contributed by atoms with Gasteiger partial charge in [0.05, 0.1) is 0 Å². The Kier molecular flexibility index (Phi) is 3.17. The predicted molar refractivity (Wildman–Crippen MR) is 80.8 cm³/mol. The van der Waals surface area contributed by atoms with Crippen molar-refractivity contribution in [3.05, 3.63) is 47.0 Å². The molecule has 3 rings (SSSR count). The molecule has 1 aliphatic heterocycles. The number of nitrogen functional groups attached to an aromatic ring is 1. The zero-order valence-electron chi connectivity index (χ0n) is 11.9. The lowest BCUT2D eigenvalue weighted by Crippen LogP contribution is -2.14. The second-order valence-corrected chi connectivity index (χ2v) is 5.05. The van der Waals surface area contributed by atoms with E-state index >= 15 is 0 Å². The topological polar surface area (TPSA) is 73.6 Å². The van der Waals surface area contributed by atoms with Crippen LogP contribution in [0.25, 0.3) is 0 Å². The van der Waals surface area contributed by atoms with Crippen molar-refractivity contribution < 1.29 is 14.3 Å². The summed E-state index contributed by atoms with van der Waals surface area (Å²) in [5.74, 6) is 1.12. The van der Waals surface area contributed by atoms with Crippen molar-refractivity contribution in [1.82, 2.24) is 0 Å². The maximum atomic E-state index is 12.4. The number of fused-ring (bicyclic) bond motifs is 1. The van der Waals surface area contributed by atoms with Crippen LogP contribution in [0, 0.1) is 13.8 Å². The standard InChI is InChI=1S/C16H16N2O3/c1-9-5-10(2)13(17)7-12(9)16(19)18-11-3-4-14-15(6-11)21-8-20-14/h3-7H,8,17H2,1-2H3,(H,18,19). The van der Waals surface area contributed by atoms with Crippen LogP contribution in [-0.2, 0) is 0 Å². The second-order valence-electron chi connectivity index (χ2n) is 5.05. The van der Waals surface area contributed by atoms with Crippen molar-refractivity contribution in [2.24, 2.45) is 0 Å². The fourth-order valence-electron chi connectivity index (χ4n) is 2.29. The van der Waals surface area contributed by atoms with E-state index in [1.807, 2.05) is 19.9 Å². The van der Waals surface area contributed by atoms with Crippen molar-refractivity contribution in [1.29, 1.82) is 0 Å². The molecule has 5 heteroatoms. The Labute approximate surface area is 122 Å². The van der Waals surface area contributed by atoms with Crippen LogP contribution in [0.2, 0.25) is 0 Å². The second kappa shape index (κ2) is 5.01. The Morgan fingerprint density at radius 1 is 1.10 bits per heavy atom. The number of amides is 1. The fraction of sp³-hybridized carbons (Fsp3) is 0.188. The largest absolute Gasteiger partial charge is 0.454 e. The first-order chi connectivity index (χ1) is 10.0. The average Bonchev–Trinajstić information content (AvgIpc) is 2.90. The molecule has 1 amide bonds. The van der Waals surface area contributed by atoms with E-state index in [4.69, 9.17) is 15.2 Å². The number of nitrogens with one attached hydrogen (secondary N) is 1. The van der Waals surface area contributed by atoms with Crippen molar-refractivity contribution in [2.45, 2.75) is 13.8 Å². The minimum atomic E-state index is -0.196. The summed E-state index contributed by atoms with van der Waals surface area (Å²) in [5.41, 5.74) is 9.56.